The predicted molar refractivity (Wildman–Crippen MR) is 47.0 cm³/mol. The van der Waals surface area contributed by atoms with Gasteiger partial charge in [0.15, 0.2) is 6.39 Å². The van der Waals surface area contributed by atoms with Crippen molar-refractivity contribution in [3.8, 4) is 12.3 Å². The maximum atomic E-state index is 11.5. The van der Waals surface area contributed by atoms with Gasteiger partial charge in [0.25, 0.3) is 5.91 Å². The molecule has 0 aromatic carbocycles. The minimum absolute atomic E-state index is 0.243. The van der Waals surface area contributed by atoms with Crippen LogP contribution in [0.2, 0.25) is 0 Å². The summed E-state index contributed by atoms with van der Waals surface area (Å²) in [6, 6.07) is 0. The molecule has 1 aromatic rings. The molecule has 0 unspecified atom stereocenters. The first-order valence-corrected chi connectivity index (χ1v) is 3.76. The van der Waals surface area contributed by atoms with Gasteiger partial charge in [0, 0.05) is 7.05 Å². The van der Waals surface area contributed by atoms with Gasteiger partial charge < -0.3 is 9.32 Å². The largest absolute Gasteiger partial charge is 0.438 e. The summed E-state index contributed by atoms with van der Waals surface area (Å²) in [4.78, 5) is 16.7. The van der Waals surface area contributed by atoms with E-state index in [0.717, 1.165) is 0 Å². The zero-order chi connectivity index (χ0) is 9.84. The number of aryl methyl sites for hydroxylation is 1. The van der Waals surface area contributed by atoms with Crippen LogP contribution in [0.25, 0.3) is 0 Å². The third kappa shape index (κ3) is 1.88. The number of oxazole rings is 1. The molecule has 4 nitrogen and oxygen atoms in total. The summed E-state index contributed by atoms with van der Waals surface area (Å²) in [5.74, 6) is 2.38. The van der Waals surface area contributed by atoms with Crippen LogP contribution in [0.1, 0.15) is 16.2 Å². The van der Waals surface area contributed by atoms with Crippen LogP contribution in [-0.2, 0) is 0 Å². The van der Waals surface area contributed by atoms with Crippen molar-refractivity contribution >= 4 is 5.91 Å². The van der Waals surface area contributed by atoms with Gasteiger partial charge >= 0.3 is 0 Å². The molecule has 1 aromatic heterocycles. The summed E-state index contributed by atoms with van der Waals surface area (Å²) < 4.78 is 4.92. The fraction of sp³-hybridized carbons (Fsp3) is 0.333. The van der Waals surface area contributed by atoms with Gasteiger partial charge in [-0.25, -0.2) is 4.98 Å². The fourth-order valence-electron chi connectivity index (χ4n) is 0.889. The SMILES string of the molecule is C#CCN(C)C(=O)c1ocnc1C. The van der Waals surface area contributed by atoms with E-state index >= 15 is 0 Å². The fourth-order valence-corrected chi connectivity index (χ4v) is 0.889. The average Bonchev–Trinajstić information content (AvgIpc) is 2.50. The molecule has 13 heavy (non-hydrogen) atoms. The number of hydrogen-bond acceptors (Lipinski definition) is 3. The Balaban J connectivity index is 2.81. The first-order chi connectivity index (χ1) is 6.16. The first kappa shape index (κ1) is 9.33. The van der Waals surface area contributed by atoms with Crippen molar-refractivity contribution in [2.45, 2.75) is 6.92 Å². The van der Waals surface area contributed by atoms with Gasteiger partial charge in [-0.2, -0.15) is 0 Å². The minimum Gasteiger partial charge on any atom is -0.438 e. The molecular formula is C9H10N2O2. The van der Waals surface area contributed by atoms with Crippen molar-refractivity contribution in [1.29, 1.82) is 0 Å². The quantitative estimate of drug-likeness (QED) is 0.626. The molecular weight excluding hydrogens is 168 g/mol. The molecule has 0 saturated carbocycles. The van der Waals surface area contributed by atoms with Gasteiger partial charge in [0.05, 0.1) is 12.2 Å². The molecule has 0 aliphatic rings. The predicted octanol–water partition coefficient (Wildman–Crippen LogP) is 0.688. The standard InChI is InChI=1S/C9H10N2O2/c1-4-5-11(3)9(12)8-7(2)10-6-13-8/h1,6H,5H2,2-3H3. The second-order valence-electron chi connectivity index (χ2n) is 2.63. The number of carbonyl (C=O) groups is 1. The Kier molecular flexibility index (Phi) is 2.70. The number of aromatic nitrogens is 1. The van der Waals surface area contributed by atoms with Crippen LogP contribution in [0.5, 0.6) is 0 Å². The van der Waals surface area contributed by atoms with Crippen LogP contribution in [0.3, 0.4) is 0 Å². The van der Waals surface area contributed by atoms with Crippen molar-refractivity contribution in [3.63, 3.8) is 0 Å². The van der Waals surface area contributed by atoms with Crippen LogP contribution in [0, 0.1) is 19.3 Å². The van der Waals surface area contributed by atoms with Crippen LogP contribution in [0.4, 0.5) is 0 Å². The molecule has 0 aliphatic carbocycles. The van der Waals surface area contributed by atoms with E-state index in [1.54, 1.807) is 14.0 Å². The molecule has 1 rings (SSSR count). The van der Waals surface area contributed by atoms with Gasteiger partial charge in [-0.3, -0.25) is 4.79 Å². The van der Waals surface area contributed by atoms with Crippen LogP contribution in [0.15, 0.2) is 10.8 Å². The Bertz CT molecular complexity index is 349. The highest BCUT2D eigenvalue weighted by atomic mass is 16.3. The molecule has 0 N–H and O–H groups in total. The van der Waals surface area contributed by atoms with Crippen molar-refractivity contribution < 1.29 is 9.21 Å². The third-order valence-corrected chi connectivity index (χ3v) is 1.61. The van der Waals surface area contributed by atoms with Crippen LogP contribution >= 0.6 is 0 Å². The summed E-state index contributed by atoms with van der Waals surface area (Å²) in [6.07, 6.45) is 6.31. The zero-order valence-electron chi connectivity index (χ0n) is 7.57. The summed E-state index contributed by atoms with van der Waals surface area (Å²) in [5, 5.41) is 0. The number of amides is 1. The lowest BCUT2D eigenvalue weighted by atomic mass is 10.3. The second kappa shape index (κ2) is 3.76. The monoisotopic (exact) mass is 178 g/mol. The molecule has 4 heteroatoms. The van der Waals surface area contributed by atoms with E-state index in [1.165, 1.54) is 11.3 Å². The highest BCUT2D eigenvalue weighted by Gasteiger charge is 2.17. The van der Waals surface area contributed by atoms with E-state index in [9.17, 15) is 4.79 Å². The van der Waals surface area contributed by atoms with Gasteiger partial charge in [-0.15, -0.1) is 6.42 Å². The van der Waals surface area contributed by atoms with Crippen molar-refractivity contribution in [3.05, 3.63) is 17.8 Å². The lowest BCUT2D eigenvalue weighted by Crippen LogP contribution is -2.27. The maximum absolute atomic E-state index is 11.5. The molecule has 68 valence electrons. The number of terminal acetylenes is 1. The minimum atomic E-state index is -0.243. The molecule has 0 spiro atoms. The van der Waals surface area contributed by atoms with E-state index in [2.05, 4.69) is 10.9 Å². The normalized spacial score (nSPS) is 9.31. The summed E-state index contributed by atoms with van der Waals surface area (Å²) in [5.41, 5.74) is 0.578. The van der Waals surface area contributed by atoms with Crippen LogP contribution < -0.4 is 0 Å². The Labute approximate surface area is 76.6 Å². The Morgan fingerprint density at radius 3 is 3.00 bits per heavy atom. The number of nitrogens with zero attached hydrogens (tertiary/aromatic N) is 2. The molecule has 1 heterocycles. The number of rotatable bonds is 2. The smallest absolute Gasteiger partial charge is 0.292 e. The van der Waals surface area contributed by atoms with E-state index in [4.69, 9.17) is 10.8 Å². The lowest BCUT2D eigenvalue weighted by molar-refractivity contribution is 0.0780. The molecule has 0 radical (unpaired) electrons. The van der Waals surface area contributed by atoms with E-state index in [-0.39, 0.29) is 18.2 Å². The Hall–Kier alpha value is -1.76. The van der Waals surface area contributed by atoms with Crippen molar-refractivity contribution in [1.82, 2.24) is 9.88 Å². The van der Waals surface area contributed by atoms with Gasteiger partial charge in [0.1, 0.15) is 0 Å². The van der Waals surface area contributed by atoms with E-state index < -0.39 is 0 Å². The Morgan fingerprint density at radius 2 is 2.54 bits per heavy atom. The molecule has 0 aliphatic heterocycles. The Morgan fingerprint density at radius 1 is 1.85 bits per heavy atom. The van der Waals surface area contributed by atoms with Crippen LogP contribution in [-0.4, -0.2) is 29.4 Å². The van der Waals surface area contributed by atoms with Crippen molar-refractivity contribution in [2.24, 2.45) is 0 Å². The third-order valence-electron chi connectivity index (χ3n) is 1.61. The van der Waals surface area contributed by atoms with E-state index in [1.807, 2.05) is 0 Å². The molecule has 0 fully saturated rings. The zero-order valence-corrected chi connectivity index (χ0v) is 7.57. The highest BCUT2D eigenvalue weighted by Crippen LogP contribution is 2.07. The van der Waals surface area contributed by atoms with Gasteiger partial charge in [0.2, 0.25) is 5.76 Å². The number of carbonyl (C=O) groups excluding carboxylic acids is 1. The number of hydrogen-bond donors (Lipinski definition) is 0. The van der Waals surface area contributed by atoms with E-state index in [0.29, 0.717) is 5.69 Å². The molecule has 1 amide bonds. The topological polar surface area (TPSA) is 46.3 Å². The second-order valence-corrected chi connectivity index (χ2v) is 2.63. The van der Waals surface area contributed by atoms with Gasteiger partial charge in [-0.05, 0) is 6.92 Å². The summed E-state index contributed by atoms with van der Waals surface area (Å²) >= 11 is 0. The maximum Gasteiger partial charge on any atom is 0.292 e. The summed E-state index contributed by atoms with van der Waals surface area (Å²) in [7, 11) is 1.62. The molecule has 0 saturated heterocycles. The molecule has 0 atom stereocenters. The van der Waals surface area contributed by atoms with Crippen molar-refractivity contribution in [2.75, 3.05) is 13.6 Å². The van der Waals surface area contributed by atoms with Gasteiger partial charge in [-0.1, -0.05) is 5.92 Å². The first-order valence-electron chi connectivity index (χ1n) is 3.76. The lowest BCUT2D eigenvalue weighted by Gasteiger charge is -2.11. The highest BCUT2D eigenvalue weighted by molar-refractivity contribution is 5.92. The summed E-state index contributed by atoms with van der Waals surface area (Å²) in [6.45, 7) is 1.97. The molecule has 0 bridgehead atoms. The average molecular weight is 178 g/mol.